The zero-order valence-corrected chi connectivity index (χ0v) is 16.5. The Kier molecular flexibility index (Phi) is 9.05. The van der Waals surface area contributed by atoms with Crippen LogP contribution in [-0.2, 0) is 9.53 Å². The number of carbonyl (C=O) groups is 1. The Morgan fingerprint density at radius 2 is 1.90 bits per heavy atom. The number of benzene rings is 2. The molecule has 0 radical (unpaired) electrons. The summed E-state index contributed by atoms with van der Waals surface area (Å²) in [5, 5.41) is 2.69. The van der Waals surface area contributed by atoms with E-state index in [2.05, 4.69) is 17.2 Å². The maximum atomic E-state index is 13.5. The Morgan fingerprint density at radius 3 is 2.60 bits per heavy atom. The summed E-state index contributed by atoms with van der Waals surface area (Å²) >= 11 is 0. The number of rotatable bonds is 11. The van der Waals surface area contributed by atoms with E-state index in [1.54, 1.807) is 24.3 Å². The molecule has 0 bridgehead atoms. The summed E-state index contributed by atoms with van der Waals surface area (Å²) in [5.41, 5.74) is 0.371. The fourth-order valence-electron chi connectivity index (χ4n) is 2.54. The molecule has 0 aliphatic rings. The molecule has 1 amide bonds. The smallest absolute Gasteiger partial charge is 0.253 e. The highest BCUT2D eigenvalue weighted by molar-refractivity contribution is 5.82. The molecule has 0 saturated heterocycles. The monoisotopic (exact) mass is 411 g/mol. The minimum absolute atomic E-state index is 0.0843. The summed E-state index contributed by atoms with van der Waals surface area (Å²) in [5.74, 6) is 5.26. The molecule has 30 heavy (non-hydrogen) atoms. The lowest BCUT2D eigenvalue weighted by Crippen LogP contribution is -2.34. The largest absolute Gasteiger partial charge is 0.493 e. The van der Waals surface area contributed by atoms with Gasteiger partial charge < -0.3 is 24.3 Å². The van der Waals surface area contributed by atoms with Crippen molar-refractivity contribution in [2.45, 2.75) is 6.10 Å². The Balaban J connectivity index is 1.91. The average Bonchev–Trinajstić information content (AvgIpc) is 2.76. The highest BCUT2D eigenvalue weighted by Crippen LogP contribution is 2.31. The topological polar surface area (TPSA) is 66.0 Å². The number of hydrogen-bond donors (Lipinski definition) is 1. The van der Waals surface area contributed by atoms with E-state index in [4.69, 9.17) is 31.8 Å². The van der Waals surface area contributed by atoms with E-state index in [0.717, 1.165) is 0 Å². The summed E-state index contributed by atoms with van der Waals surface area (Å²) in [6.07, 6.45) is 9.36. The van der Waals surface area contributed by atoms with Gasteiger partial charge in [0.15, 0.2) is 17.6 Å². The van der Waals surface area contributed by atoms with Crippen LogP contribution in [-0.4, -0.2) is 39.4 Å². The molecule has 1 unspecified atom stereocenters. The van der Waals surface area contributed by atoms with Crippen molar-refractivity contribution >= 4 is 5.91 Å². The van der Waals surface area contributed by atoms with Gasteiger partial charge in [-0.1, -0.05) is 24.0 Å². The van der Waals surface area contributed by atoms with Crippen molar-refractivity contribution < 1.29 is 28.1 Å². The van der Waals surface area contributed by atoms with Gasteiger partial charge in [0.05, 0.1) is 13.7 Å². The van der Waals surface area contributed by atoms with Gasteiger partial charge in [-0.2, -0.15) is 0 Å². The van der Waals surface area contributed by atoms with Crippen molar-refractivity contribution in [3.8, 4) is 41.9 Å². The Bertz CT molecular complexity index is 932. The van der Waals surface area contributed by atoms with Crippen molar-refractivity contribution in [1.82, 2.24) is 5.32 Å². The second kappa shape index (κ2) is 12.0. The number of hydrogen-bond acceptors (Lipinski definition) is 5. The van der Waals surface area contributed by atoms with Gasteiger partial charge in [-0.25, -0.2) is 4.39 Å². The number of terminal acetylenes is 2. The zero-order chi connectivity index (χ0) is 21.8. The number of nitrogens with one attached hydrogen (secondary N) is 1. The fraction of sp³-hybridized carbons (Fsp3) is 0.261. The first-order valence-electron chi connectivity index (χ1n) is 9.04. The van der Waals surface area contributed by atoms with Crippen molar-refractivity contribution in [1.29, 1.82) is 0 Å². The van der Waals surface area contributed by atoms with Gasteiger partial charge in [0.1, 0.15) is 31.4 Å². The first-order valence-corrected chi connectivity index (χ1v) is 9.04. The molecule has 7 heteroatoms. The predicted octanol–water partition coefficient (Wildman–Crippen LogP) is 2.73. The van der Waals surface area contributed by atoms with E-state index in [9.17, 15) is 9.18 Å². The molecule has 0 aliphatic carbocycles. The third kappa shape index (κ3) is 6.73. The van der Waals surface area contributed by atoms with Crippen LogP contribution in [0.5, 0.6) is 17.2 Å². The summed E-state index contributed by atoms with van der Waals surface area (Å²) in [4.78, 5) is 12.5. The molecule has 156 valence electrons. The molecule has 1 N–H and O–H groups in total. The minimum Gasteiger partial charge on any atom is -0.493 e. The summed E-state index contributed by atoms with van der Waals surface area (Å²) in [6, 6.07) is 10.6. The zero-order valence-electron chi connectivity index (χ0n) is 16.5. The number of halogens is 1. The van der Waals surface area contributed by atoms with Gasteiger partial charge >= 0.3 is 0 Å². The molecule has 0 aromatic heterocycles. The van der Waals surface area contributed by atoms with Crippen LogP contribution in [0.1, 0.15) is 11.7 Å². The van der Waals surface area contributed by atoms with Crippen LogP contribution in [0.2, 0.25) is 0 Å². The van der Waals surface area contributed by atoms with Gasteiger partial charge in [-0.05, 0) is 29.8 Å². The van der Waals surface area contributed by atoms with Crippen molar-refractivity contribution in [2.24, 2.45) is 0 Å². The molecule has 2 rings (SSSR count). The van der Waals surface area contributed by atoms with Gasteiger partial charge in [-0.3, -0.25) is 4.79 Å². The average molecular weight is 411 g/mol. The number of methoxy groups -OCH3 is 1. The maximum Gasteiger partial charge on any atom is 0.253 e. The molecular formula is C23H22FNO5. The lowest BCUT2D eigenvalue weighted by molar-refractivity contribution is -0.132. The van der Waals surface area contributed by atoms with Crippen LogP contribution >= 0.6 is 0 Å². The van der Waals surface area contributed by atoms with Crippen LogP contribution in [0.25, 0.3) is 0 Å². The van der Waals surface area contributed by atoms with Crippen molar-refractivity contribution in [3.05, 3.63) is 53.8 Å². The fourth-order valence-corrected chi connectivity index (χ4v) is 2.54. The number of carbonyl (C=O) groups excluding carboxylic acids is 1. The van der Waals surface area contributed by atoms with Crippen LogP contribution in [0.3, 0.4) is 0 Å². The quantitative estimate of drug-likeness (QED) is 0.455. The Hall–Kier alpha value is -3.68. The number of amides is 1. The second-order valence-corrected chi connectivity index (χ2v) is 5.90. The van der Waals surface area contributed by atoms with E-state index in [1.807, 2.05) is 0 Å². The lowest BCUT2D eigenvalue weighted by Gasteiger charge is -2.17. The van der Waals surface area contributed by atoms with Crippen LogP contribution in [0.4, 0.5) is 4.39 Å². The summed E-state index contributed by atoms with van der Waals surface area (Å²) in [7, 11) is 1.50. The highest BCUT2D eigenvalue weighted by atomic mass is 19.1. The molecule has 0 fully saturated rings. The van der Waals surface area contributed by atoms with Crippen molar-refractivity contribution in [2.75, 3.05) is 33.5 Å². The van der Waals surface area contributed by atoms with Gasteiger partial charge in [0.25, 0.3) is 5.91 Å². The van der Waals surface area contributed by atoms with Gasteiger partial charge in [0, 0.05) is 6.07 Å². The minimum atomic E-state index is -1.02. The first-order chi connectivity index (χ1) is 14.6. The number of ether oxygens (including phenoxy) is 4. The first kappa shape index (κ1) is 22.6. The molecule has 0 heterocycles. The van der Waals surface area contributed by atoms with E-state index in [0.29, 0.717) is 22.8 Å². The summed E-state index contributed by atoms with van der Waals surface area (Å²) in [6.45, 7) is 0.419. The molecule has 2 aromatic rings. The normalized spacial score (nSPS) is 10.9. The van der Waals surface area contributed by atoms with Crippen LogP contribution in [0.15, 0.2) is 42.5 Å². The van der Waals surface area contributed by atoms with Crippen LogP contribution < -0.4 is 19.5 Å². The van der Waals surface area contributed by atoms with Gasteiger partial charge in [-0.15, -0.1) is 12.8 Å². The van der Waals surface area contributed by atoms with E-state index in [-0.39, 0.29) is 26.4 Å². The molecule has 1 atom stereocenters. The highest BCUT2D eigenvalue weighted by Gasteiger charge is 2.21. The van der Waals surface area contributed by atoms with Crippen LogP contribution in [0, 0.1) is 30.5 Å². The Morgan fingerprint density at radius 1 is 1.10 bits per heavy atom. The standard InChI is InChI=1S/C23H22FNO5/c1-4-12-29-20-10-9-19(16-21(20)27-3)28-14-11-25-23(26)22(30-13-5-2)17-7-6-8-18(24)15-17/h1-2,6-10,15-16,22H,11-14H2,3H3,(H,25,26). The molecule has 2 aromatic carbocycles. The molecule has 0 saturated carbocycles. The van der Waals surface area contributed by atoms with E-state index >= 15 is 0 Å². The SMILES string of the molecule is C#CCOc1ccc(OCCNC(=O)C(OCC#C)c2cccc(F)c2)cc1OC. The predicted molar refractivity (Wildman–Crippen MR) is 110 cm³/mol. The molecule has 6 nitrogen and oxygen atoms in total. The van der Waals surface area contributed by atoms with Crippen molar-refractivity contribution in [3.63, 3.8) is 0 Å². The maximum absolute atomic E-state index is 13.5. The van der Waals surface area contributed by atoms with E-state index < -0.39 is 17.8 Å². The Labute approximate surface area is 175 Å². The second-order valence-electron chi connectivity index (χ2n) is 5.90. The molecule has 0 aliphatic heterocycles. The summed E-state index contributed by atoms with van der Waals surface area (Å²) < 4.78 is 35.1. The third-order valence-electron chi connectivity index (χ3n) is 3.84. The third-order valence-corrected chi connectivity index (χ3v) is 3.84. The van der Waals surface area contributed by atoms with E-state index in [1.165, 1.54) is 25.3 Å². The van der Waals surface area contributed by atoms with Gasteiger partial charge in [0.2, 0.25) is 0 Å². The lowest BCUT2D eigenvalue weighted by atomic mass is 10.1. The molecule has 0 spiro atoms. The molecular weight excluding hydrogens is 389 g/mol.